The van der Waals surface area contributed by atoms with E-state index < -0.39 is 23.4 Å². The lowest BCUT2D eigenvalue weighted by Crippen LogP contribution is -2.58. The van der Waals surface area contributed by atoms with Crippen LogP contribution in [0.1, 0.15) is 70.1 Å². The molecule has 1 aromatic carbocycles. The first-order valence-electron chi connectivity index (χ1n) is 14.9. The third kappa shape index (κ3) is 6.59. The van der Waals surface area contributed by atoms with Gasteiger partial charge in [-0.25, -0.2) is 0 Å². The highest BCUT2D eigenvalue weighted by atomic mass is 16.2. The van der Waals surface area contributed by atoms with Gasteiger partial charge in [0, 0.05) is 42.5 Å². The molecule has 8 N–H and O–H groups in total. The number of aryl methyl sites for hydroxylation is 2. The summed E-state index contributed by atoms with van der Waals surface area (Å²) >= 11 is 0. The first-order valence-corrected chi connectivity index (χ1v) is 14.9. The summed E-state index contributed by atoms with van der Waals surface area (Å²) in [5.74, 6) is -1.61. The summed E-state index contributed by atoms with van der Waals surface area (Å²) in [6, 6.07) is 7.30. The average molecular weight is 581 g/mol. The van der Waals surface area contributed by atoms with Crippen molar-refractivity contribution in [2.24, 2.45) is 17.2 Å². The van der Waals surface area contributed by atoms with Gasteiger partial charge in [-0.05, 0) is 69.4 Å². The van der Waals surface area contributed by atoms with Crippen LogP contribution in [0, 0.1) is 5.41 Å². The van der Waals surface area contributed by atoms with Gasteiger partial charge in [0.05, 0.1) is 13.0 Å². The van der Waals surface area contributed by atoms with Crippen LogP contribution >= 0.6 is 0 Å². The molecule has 228 valence electrons. The molecule has 3 heterocycles. The van der Waals surface area contributed by atoms with Crippen molar-refractivity contribution >= 4 is 40.4 Å². The van der Waals surface area contributed by atoms with Crippen LogP contribution in [0.3, 0.4) is 0 Å². The second kappa shape index (κ2) is 12.9. The van der Waals surface area contributed by atoms with Crippen LogP contribution in [0.25, 0.3) is 10.9 Å². The molecule has 3 atom stereocenters. The molecule has 2 aliphatic rings. The maximum atomic E-state index is 13.4. The molecular formula is C30H44N8O4. The first-order chi connectivity index (χ1) is 20.0. The number of nitrogens with two attached hydrogens (primary N) is 3. The van der Waals surface area contributed by atoms with Gasteiger partial charge in [0.25, 0.3) is 0 Å². The van der Waals surface area contributed by atoms with Crippen molar-refractivity contribution in [3.8, 4) is 0 Å². The minimum absolute atomic E-state index is 0.0260. The van der Waals surface area contributed by atoms with E-state index in [2.05, 4.69) is 22.9 Å². The predicted octanol–water partition coefficient (Wildman–Crippen LogP) is 0.959. The lowest BCUT2D eigenvalue weighted by molar-refractivity contribution is -0.145. The van der Waals surface area contributed by atoms with E-state index in [-0.39, 0.29) is 43.1 Å². The molecule has 12 nitrogen and oxygen atoms in total. The molecule has 0 saturated carbocycles. The maximum Gasteiger partial charge on any atom is 0.245 e. The van der Waals surface area contributed by atoms with E-state index in [0.717, 1.165) is 43.1 Å². The Bertz CT molecular complexity index is 1370. The third-order valence-electron chi connectivity index (χ3n) is 8.84. The quantitative estimate of drug-likeness (QED) is 0.183. The summed E-state index contributed by atoms with van der Waals surface area (Å²) < 4.78 is 2.24. The highest BCUT2D eigenvalue weighted by Crippen LogP contribution is 2.27. The topological polar surface area (TPSA) is 194 Å². The van der Waals surface area contributed by atoms with Crippen LogP contribution < -0.4 is 22.5 Å². The van der Waals surface area contributed by atoms with Crippen LogP contribution in [-0.2, 0) is 32.1 Å². The Kier molecular flexibility index (Phi) is 9.55. The molecule has 12 heteroatoms. The minimum atomic E-state index is -1.47. The summed E-state index contributed by atoms with van der Waals surface area (Å²) in [5, 5.41) is 11.6. The van der Waals surface area contributed by atoms with Gasteiger partial charge >= 0.3 is 0 Å². The number of carbonyl (C=O) groups excluding carboxylic acids is 4. The Morgan fingerprint density at radius 2 is 1.83 bits per heavy atom. The molecule has 2 fully saturated rings. The van der Waals surface area contributed by atoms with Crippen LogP contribution in [0.4, 0.5) is 0 Å². The van der Waals surface area contributed by atoms with Gasteiger partial charge in [0.1, 0.15) is 17.4 Å². The zero-order chi connectivity index (χ0) is 30.6. The zero-order valence-corrected chi connectivity index (χ0v) is 24.7. The van der Waals surface area contributed by atoms with E-state index in [1.807, 2.05) is 23.1 Å². The second-order valence-electron chi connectivity index (χ2n) is 11.6. The zero-order valence-electron chi connectivity index (χ0n) is 24.7. The van der Waals surface area contributed by atoms with Crippen LogP contribution in [0.15, 0.2) is 24.3 Å². The molecule has 4 rings (SSSR count). The number of benzene rings is 1. The third-order valence-corrected chi connectivity index (χ3v) is 8.84. The van der Waals surface area contributed by atoms with E-state index in [4.69, 9.17) is 22.6 Å². The smallest absolute Gasteiger partial charge is 0.245 e. The largest absolute Gasteiger partial charge is 0.384 e. The summed E-state index contributed by atoms with van der Waals surface area (Å²) in [6.07, 6.45) is 4.46. The van der Waals surface area contributed by atoms with Crippen molar-refractivity contribution in [3.63, 3.8) is 0 Å². The van der Waals surface area contributed by atoms with Gasteiger partial charge < -0.3 is 36.9 Å². The fourth-order valence-electron chi connectivity index (χ4n) is 6.24. The predicted molar refractivity (Wildman–Crippen MR) is 160 cm³/mol. The van der Waals surface area contributed by atoms with Crippen molar-refractivity contribution in [2.75, 3.05) is 19.6 Å². The van der Waals surface area contributed by atoms with E-state index >= 15 is 0 Å². The fourth-order valence-corrected chi connectivity index (χ4v) is 6.24. The van der Waals surface area contributed by atoms with Gasteiger partial charge in [-0.1, -0.05) is 19.1 Å². The van der Waals surface area contributed by atoms with Gasteiger partial charge in [-0.3, -0.25) is 24.6 Å². The van der Waals surface area contributed by atoms with Gasteiger partial charge in [-0.2, -0.15) is 0 Å². The standard InChI is InChI=1S/C30H44N8O4/c1-3-30(34,29(33)42)17-25(39)35-23-8-6-13-36(28(23)41)18-26(40)38-14-5-7-21(38)11-12-22-15-19-9-10-20(27(31)32)16-24(19)37(22)4-2/h9-10,15-16,21,23H,3-8,11-14,17-18,34H2,1-2H3,(H3,31,32)(H2,33,42)(H,35,39)/t21-,23+,30-/m0/s1. The maximum absolute atomic E-state index is 13.4. The van der Waals surface area contributed by atoms with Crippen molar-refractivity contribution < 1.29 is 19.2 Å². The molecule has 2 saturated heterocycles. The monoisotopic (exact) mass is 580 g/mol. The number of fused-ring (bicyclic) bond motifs is 1. The van der Waals surface area contributed by atoms with Gasteiger partial charge in [0.15, 0.2) is 0 Å². The van der Waals surface area contributed by atoms with Crippen molar-refractivity contribution in [2.45, 2.75) is 89.4 Å². The molecule has 4 amide bonds. The van der Waals surface area contributed by atoms with Crippen LogP contribution in [0.5, 0.6) is 0 Å². The number of nitrogen functional groups attached to an aromatic ring is 1. The van der Waals surface area contributed by atoms with E-state index in [1.165, 1.54) is 10.6 Å². The molecule has 0 bridgehead atoms. The summed E-state index contributed by atoms with van der Waals surface area (Å²) in [4.78, 5) is 54.3. The average Bonchev–Trinajstić information content (AvgIpc) is 3.57. The lowest BCUT2D eigenvalue weighted by Gasteiger charge is -2.34. The number of amides is 4. The lowest BCUT2D eigenvalue weighted by atomic mass is 9.91. The molecule has 2 aromatic rings. The number of piperidine rings is 1. The van der Waals surface area contributed by atoms with Crippen LogP contribution in [0.2, 0.25) is 0 Å². The summed E-state index contributed by atoms with van der Waals surface area (Å²) in [5.41, 5.74) is 18.5. The Morgan fingerprint density at radius 3 is 2.50 bits per heavy atom. The second-order valence-corrected chi connectivity index (χ2v) is 11.6. The number of hydrogen-bond acceptors (Lipinski definition) is 6. The van der Waals surface area contributed by atoms with E-state index in [9.17, 15) is 19.2 Å². The van der Waals surface area contributed by atoms with Crippen molar-refractivity contribution in [1.29, 1.82) is 5.41 Å². The Morgan fingerprint density at radius 1 is 1.10 bits per heavy atom. The number of rotatable bonds is 12. The first kappa shape index (κ1) is 31.0. The Labute approximate surface area is 246 Å². The van der Waals surface area contributed by atoms with Crippen LogP contribution in [-0.4, -0.2) is 81.1 Å². The number of nitrogens with one attached hydrogen (secondary N) is 2. The summed E-state index contributed by atoms with van der Waals surface area (Å²) in [6.45, 7) is 5.64. The molecule has 2 aliphatic heterocycles. The number of aromatic nitrogens is 1. The molecule has 0 unspecified atom stereocenters. The SMILES string of the molecule is CCn1c(CC[C@@H]2CCCN2C(=O)CN2CCC[C@@H](NC(=O)C[C@@](N)(CC)C(N)=O)C2=O)cc2ccc(C(=N)N)cc21. The number of likely N-dealkylation sites (tertiary alicyclic amines) is 2. The Hall–Kier alpha value is -3.93. The minimum Gasteiger partial charge on any atom is -0.384 e. The summed E-state index contributed by atoms with van der Waals surface area (Å²) in [7, 11) is 0. The number of carbonyl (C=O) groups is 4. The Balaban J connectivity index is 1.36. The fraction of sp³-hybridized carbons (Fsp3) is 0.567. The van der Waals surface area contributed by atoms with Crippen molar-refractivity contribution in [1.82, 2.24) is 19.7 Å². The molecular weight excluding hydrogens is 536 g/mol. The molecule has 42 heavy (non-hydrogen) atoms. The van der Waals surface area contributed by atoms with Gasteiger partial charge in [0.2, 0.25) is 23.6 Å². The normalized spacial score (nSPS) is 20.5. The molecule has 0 spiro atoms. The van der Waals surface area contributed by atoms with Crippen molar-refractivity contribution in [3.05, 3.63) is 35.5 Å². The van der Waals surface area contributed by atoms with E-state index in [1.54, 1.807) is 6.92 Å². The number of nitrogens with zero attached hydrogens (tertiary/aromatic N) is 3. The van der Waals surface area contributed by atoms with Gasteiger partial charge in [-0.15, -0.1) is 0 Å². The van der Waals surface area contributed by atoms with E-state index in [0.29, 0.717) is 31.5 Å². The number of hydrogen-bond donors (Lipinski definition) is 5. The highest BCUT2D eigenvalue weighted by molar-refractivity contribution is 5.99. The molecule has 0 radical (unpaired) electrons. The highest BCUT2D eigenvalue weighted by Gasteiger charge is 2.37. The number of amidine groups is 1. The molecule has 0 aliphatic carbocycles. The number of primary amides is 1. The molecule has 1 aromatic heterocycles.